The topological polar surface area (TPSA) is 29.1 Å². The molecular weight excluding hydrogens is 126 g/mol. The number of rotatable bonds is 4. The molecule has 1 rings (SSSR count). The summed E-state index contributed by atoms with van der Waals surface area (Å²) in [6.45, 7) is 2.83. The van der Waals surface area contributed by atoms with Crippen molar-refractivity contribution in [2.24, 2.45) is 11.8 Å². The van der Waals surface area contributed by atoms with Crippen molar-refractivity contribution in [3.05, 3.63) is 0 Å². The first-order chi connectivity index (χ1) is 4.75. The molecular formula is C8H15NO. The van der Waals surface area contributed by atoms with E-state index < -0.39 is 0 Å². The van der Waals surface area contributed by atoms with E-state index in [1.165, 1.54) is 0 Å². The molecule has 1 unspecified atom stereocenters. The average Bonchev–Trinajstić information content (AvgIpc) is 2.68. The van der Waals surface area contributed by atoms with Gasteiger partial charge in [-0.15, -0.1) is 0 Å². The van der Waals surface area contributed by atoms with Crippen molar-refractivity contribution in [1.29, 1.82) is 0 Å². The largest absolute Gasteiger partial charge is 0.319 e. The lowest BCUT2D eigenvalue weighted by Crippen LogP contribution is -2.24. The first-order valence-electron chi connectivity index (χ1n) is 3.94. The molecule has 0 aromatic carbocycles. The van der Waals surface area contributed by atoms with Crippen molar-refractivity contribution < 1.29 is 4.79 Å². The van der Waals surface area contributed by atoms with Crippen LogP contribution in [0.15, 0.2) is 0 Å². The van der Waals surface area contributed by atoms with Crippen LogP contribution >= 0.6 is 0 Å². The Kier molecular flexibility index (Phi) is 2.44. The Labute approximate surface area is 62.0 Å². The molecule has 0 saturated heterocycles. The molecule has 1 N–H and O–H groups in total. The fourth-order valence-electron chi connectivity index (χ4n) is 1.18. The van der Waals surface area contributed by atoms with Crippen LogP contribution < -0.4 is 5.32 Å². The van der Waals surface area contributed by atoms with Gasteiger partial charge in [-0.1, -0.05) is 6.92 Å². The van der Waals surface area contributed by atoms with Crippen LogP contribution in [0.4, 0.5) is 0 Å². The molecule has 2 nitrogen and oxygen atoms in total. The van der Waals surface area contributed by atoms with Gasteiger partial charge in [0, 0.05) is 18.4 Å². The summed E-state index contributed by atoms with van der Waals surface area (Å²) >= 11 is 0. The maximum Gasteiger partial charge on any atom is 0.140 e. The van der Waals surface area contributed by atoms with E-state index in [1.54, 1.807) is 0 Å². The van der Waals surface area contributed by atoms with Gasteiger partial charge < -0.3 is 5.32 Å². The number of hydrogen-bond acceptors (Lipinski definition) is 2. The second-order valence-corrected chi connectivity index (χ2v) is 3.14. The zero-order chi connectivity index (χ0) is 7.56. The van der Waals surface area contributed by atoms with Gasteiger partial charge in [-0.2, -0.15) is 0 Å². The van der Waals surface area contributed by atoms with Crippen LogP contribution in [0.2, 0.25) is 0 Å². The molecule has 1 saturated carbocycles. The summed E-state index contributed by atoms with van der Waals surface area (Å²) in [5.74, 6) is 1.09. The maximum absolute atomic E-state index is 11.3. The molecule has 0 aromatic rings. The zero-order valence-electron chi connectivity index (χ0n) is 6.68. The van der Waals surface area contributed by atoms with E-state index in [1.807, 2.05) is 14.0 Å². The summed E-state index contributed by atoms with van der Waals surface area (Å²) in [5, 5.41) is 3.01. The number of carbonyl (C=O) groups is 1. The number of hydrogen-bond donors (Lipinski definition) is 1. The van der Waals surface area contributed by atoms with Crippen LogP contribution in [0.25, 0.3) is 0 Å². The number of carbonyl (C=O) groups excluding carboxylic acids is 1. The lowest BCUT2D eigenvalue weighted by molar-refractivity contribution is -0.123. The maximum atomic E-state index is 11.3. The summed E-state index contributed by atoms with van der Waals surface area (Å²) in [6.07, 6.45) is 2.26. The second kappa shape index (κ2) is 3.15. The molecule has 0 heterocycles. The third-order valence-corrected chi connectivity index (χ3v) is 1.98. The molecule has 0 spiro atoms. The SMILES string of the molecule is CNCC(C)C(=O)C1CC1. The second-order valence-electron chi connectivity index (χ2n) is 3.14. The Morgan fingerprint density at radius 3 is 2.70 bits per heavy atom. The molecule has 10 heavy (non-hydrogen) atoms. The molecule has 1 aliphatic rings. The average molecular weight is 141 g/mol. The van der Waals surface area contributed by atoms with Gasteiger partial charge in [0.25, 0.3) is 0 Å². The van der Waals surface area contributed by atoms with E-state index in [4.69, 9.17) is 0 Å². The predicted molar refractivity (Wildman–Crippen MR) is 40.8 cm³/mol. The van der Waals surface area contributed by atoms with Crippen LogP contribution in [0.5, 0.6) is 0 Å². The van der Waals surface area contributed by atoms with Crippen LogP contribution in [0, 0.1) is 11.8 Å². The van der Waals surface area contributed by atoms with Gasteiger partial charge in [0.15, 0.2) is 0 Å². The monoisotopic (exact) mass is 141 g/mol. The van der Waals surface area contributed by atoms with Crippen molar-refractivity contribution in [2.75, 3.05) is 13.6 Å². The molecule has 0 radical (unpaired) electrons. The molecule has 1 aliphatic carbocycles. The summed E-state index contributed by atoms with van der Waals surface area (Å²) in [5.41, 5.74) is 0. The van der Waals surface area contributed by atoms with Gasteiger partial charge in [0.05, 0.1) is 0 Å². The van der Waals surface area contributed by atoms with Crippen LogP contribution in [-0.4, -0.2) is 19.4 Å². The Bertz CT molecular complexity index is 129. The minimum absolute atomic E-state index is 0.220. The molecule has 58 valence electrons. The van der Waals surface area contributed by atoms with E-state index >= 15 is 0 Å². The molecule has 2 heteroatoms. The number of Topliss-reactive ketones (excluding diaryl/α,β-unsaturated/α-hetero) is 1. The Hall–Kier alpha value is -0.370. The van der Waals surface area contributed by atoms with Gasteiger partial charge in [0.2, 0.25) is 0 Å². The summed E-state index contributed by atoms with van der Waals surface area (Å²) in [7, 11) is 1.89. The van der Waals surface area contributed by atoms with E-state index in [9.17, 15) is 4.79 Å². The summed E-state index contributed by atoms with van der Waals surface area (Å²) in [6, 6.07) is 0. The van der Waals surface area contributed by atoms with Gasteiger partial charge >= 0.3 is 0 Å². The van der Waals surface area contributed by atoms with E-state index in [2.05, 4.69) is 5.32 Å². The first-order valence-corrected chi connectivity index (χ1v) is 3.94. The highest BCUT2D eigenvalue weighted by atomic mass is 16.1. The summed E-state index contributed by atoms with van der Waals surface area (Å²) in [4.78, 5) is 11.3. The molecule has 0 aliphatic heterocycles. The fourth-order valence-corrected chi connectivity index (χ4v) is 1.18. The smallest absolute Gasteiger partial charge is 0.140 e. The molecule has 1 fully saturated rings. The Balaban J connectivity index is 2.24. The van der Waals surface area contributed by atoms with Gasteiger partial charge in [0.1, 0.15) is 5.78 Å². The van der Waals surface area contributed by atoms with Crippen LogP contribution in [0.1, 0.15) is 19.8 Å². The standard InChI is InChI=1S/C8H15NO/c1-6(5-9-2)8(10)7-3-4-7/h6-7,9H,3-5H2,1-2H3. The normalized spacial score (nSPS) is 20.6. The lowest BCUT2D eigenvalue weighted by atomic mass is 10.0. The van der Waals surface area contributed by atoms with Crippen LogP contribution in [0.3, 0.4) is 0 Å². The lowest BCUT2D eigenvalue weighted by Gasteiger charge is -2.07. The third-order valence-electron chi connectivity index (χ3n) is 1.98. The van der Waals surface area contributed by atoms with Crippen molar-refractivity contribution >= 4 is 5.78 Å². The van der Waals surface area contributed by atoms with Gasteiger partial charge in [-0.25, -0.2) is 0 Å². The molecule has 0 aromatic heterocycles. The van der Waals surface area contributed by atoms with Crippen molar-refractivity contribution in [3.8, 4) is 0 Å². The van der Waals surface area contributed by atoms with Crippen LogP contribution in [-0.2, 0) is 4.79 Å². The highest BCUT2D eigenvalue weighted by molar-refractivity contribution is 5.85. The fraction of sp³-hybridized carbons (Fsp3) is 0.875. The molecule has 0 bridgehead atoms. The van der Waals surface area contributed by atoms with E-state index in [0.29, 0.717) is 11.7 Å². The first kappa shape index (κ1) is 7.73. The minimum atomic E-state index is 0.220. The minimum Gasteiger partial charge on any atom is -0.319 e. The van der Waals surface area contributed by atoms with Gasteiger partial charge in [-0.3, -0.25) is 4.79 Å². The highest BCUT2D eigenvalue weighted by Gasteiger charge is 2.32. The quantitative estimate of drug-likeness (QED) is 0.628. The van der Waals surface area contributed by atoms with Gasteiger partial charge in [-0.05, 0) is 19.9 Å². The predicted octanol–water partition coefficient (Wildman–Crippen LogP) is 0.821. The molecule has 1 atom stereocenters. The Morgan fingerprint density at radius 2 is 2.30 bits per heavy atom. The number of ketones is 1. The Morgan fingerprint density at radius 1 is 1.70 bits per heavy atom. The third kappa shape index (κ3) is 1.81. The number of nitrogens with one attached hydrogen (secondary N) is 1. The van der Waals surface area contributed by atoms with E-state index in [-0.39, 0.29) is 5.92 Å². The van der Waals surface area contributed by atoms with E-state index in [0.717, 1.165) is 19.4 Å². The van der Waals surface area contributed by atoms with Crippen molar-refractivity contribution in [2.45, 2.75) is 19.8 Å². The molecule has 0 amide bonds. The summed E-state index contributed by atoms with van der Waals surface area (Å²) < 4.78 is 0. The van der Waals surface area contributed by atoms with Crippen molar-refractivity contribution in [3.63, 3.8) is 0 Å². The van der Waals surface area contributed by atoms with Crippen molar-refractivity contribution in [1.82, 2.24) is 5.32 Å². The zero-order valence-corrected chi connectivity index (χ0v) is 6.68. The highest BCUT2D eigenvalue weighted by Crippen LogP contribution is 2.32.